The predicted octanol–water partition coefficient (Wildman–Crippen LogP) is 3.62. The van der Waals surface area contributed by atoms with Crippen molar-refractivity contribution in [1.29, 1.82) is 0 Å². The Morgan fingerprint density at radius 3 is 2.79 bits per heavy atom. The van der Waals surface area contributed by atoms with Crippen molar-refractivity contribution >= 4 is 0 Å². The summed E-state index contributed by atoms with van der Waals surface area (Å²) in [6.45, 7) is 4.93. The number of pyridine rings is 1. The highest BCUT2D eigenvalue weighted by atomic mass is 16.5. The van der Waals surface area contributed by atoms with Gasteiger partial charge in [0.1, 0.15) is 11.4 Å². The van der Waals surface area contributed by atoms with Gasteiger partial charge in [-0.2, -0.15) is 0 Å². The van der Waals surface area contributed by atoms with E-state index in [-0.39, 0.29) is 5.92 Å². The SMILES string of the molecule is COc1cc2c(cc1CN1C[C@@H]3CC[C@@](O)(c4ccc(C)cn4)[C@@H]3C1)CCC2. The van der Waals surface area contributed by atoms with Crippen LogP contribution in [-0.4, -0.2) is 35.2 Å². The van der Waals surface area contributed by atoms with E-state index < -0.39 is 5.60 Å². The summed E-state index contributed by atoms with van der Waals surface area (Å²) < 4.78 is 5.71. The summed E-state index contributed by atoms with van der Waals surface area (Å²) in [7, 11) is 1.78. The van der Waals surface area contributed by atoms with Crippen LogP contribution < -0.4 is 4.74 Å². The molecule has 2 aromatic rings. The topological polar surface area (TPSA) is 45.6 Å². The van der Waals surface area contributed by atoms with Crippen molar-refractivity contribution in [3.8, 4) is 5.75 Å². The molecule has 0 radical (unpaired) electrons. The highest BCUT2D eigenvalue weighted by Gasteiger charge is 2.53. The van der Waals surface area contributed by atoms with Gasteiger partial charge in [-0.1, -0.05) is 12.1 Å². The van der Waals surface area contributed by atoms with E-state index in [0.29, 0.717) is 5.92 Å². The van der Waals surface area contributed by atoms with Crippen molar-refractivity contribution in [2.45, 2.75) is 51.2 Å². The molecular formula is C24H30N2O2. The van der Waals surface area contributed by atoms with Gasteiger partial charge in [-0.25, -0.2) is 0 Å². The predicted molar refractivity (Wildman–Crippen MR) is 109 cm³/mol. The second kappa shape index (κ2) is 6.85. The first-order valence-corrected chi connectivity index (χ1v) is 10.6. The second-order valence-corrected chi connectivity index (χ2v) is 9.03. The van der Waals surface area contributed by atoms with E-state index in [1.54, 1.807) is 7.11 Å². The smallest absolute Gasteiger partial charge is 0.123 e. The van der Waals surface area contributed by atoms with Crippen LogP contribution in [0.25, 0.3) is 0 Å². The molecule has 3 atom stereocenters. The van der Waals surface area contributed by atoms with Crippen molar-refractivity contribution < 1.29 is 9.84 Å². The zero-order chi connectivity index (χ0) is 19.3. The maximum atomic E-state index is 11.5. The highest BCUT2D eigenvalue weighted by molar-refractivity contribution is 5.45. The summed E-state index contributed by atoms with van der Waals surface area (Å²) in [5.74, 6) is 1.84. The fraction of sp³-hybridized carbons (Fsp3) is 0.542. The van der Waals surface area contributed by atoms with Gasteiger partial charge in [0.2, 0.25) is 0 Å². The van der Waals surface area contributed by atoms with Crippen molar-refractivity contribution in [2.24, 2.45) is 11.8 Å². The van der Waals surface area contributed by atoms with Gasteiger partial charge in [0, 0.05) is 37.3 Å². The Bertz CT molecular complexity index is 879. The number of hydrogen-bond donors (Lipinski definition) is 1. The van der Waals surface area contributed by atoms with Gasteiger partial charge in [-0.15, -0.1) is 0 Å². The van der Waals surface area contributed by atoms with Gasteiger partial charge < -0.3 is 9.84 Å². The standard InChI is InChI=1S/C24H30N2O2/c1-16-6-7-23(25-12-16)24(27)9-8-19-13-26(15-21(19)24)14-20-10-17-4-3-5-18(17)11-22(20)28-2/h6-7,10-12,19,21,27H,3-5,8-9,13-15H2,1-2H3/t19-,21+,24-/m0/s1. The zero-order valence-electron chi connectivity index (χ0n) is 16.9. The number of benzene rings is 1. The molecule has 2 aliphatic carbocycles. The minimum absolute atomic E-state index is 0.267. The maximum Gasteiger partial charge on any atom is 0.123 e. The van der Waals surface area contributed by atoms with Crippen molar-refractivity contribution in [3.05, 3.63) is 58.4 Å². The molecule has 2 fully saturated rings. The molecule has 1 saturated heterocycles. The third kappa shape index (κ3) is 2.94. The number of rotatable bonds is 4. The van der Waals surface area contributed by atoms with Crippen LogP contribution in [0.4, 0.5) is 0 Å². The average Bonchev–Trinajstić information content (AvgIpc) is 3.39. The Morgan fingerprint density at radius 2 is 2.04 bits per heavy atom. The monoisotopic (exact) mass is 378 g/mol. The minimum atomic E-state index is -0.783. The van der Waals surface area contributed by atoms with Gasteiger partial charge in [0.05, 0.1) is 12.8 Å². The Labute approximate surface area is 167 Å². The molecule has 0 amide bonds. The van der Waals surface area contributed by atoms with Crippen molar-refractivity contribution in [2.75, 3.05) is 20.2 Å². The molecule has 2 heterocycles. The number of aryl methyl sites for hydroxylation is 3. The van der Waals surface area contributed by atoms with Crippen LogP contribution in [0.5, 0.6) is 5.75 Å². The van der Waals surface area contributed by atoms with E-state index in [9.17, 15) is 5.11 Å². The summed E-state index contributed by atoms with van der Waals surface area (Å²) in [5.41, 5.74) is 5.45. The third-order valence-electron chi connectivity index (χ3n) is 7.27. The molecular weight excluding hydrogens is 348 g/mol. The number of aromatic nitrogens is 1. The van der Waals surface area contributed by atoms with Crippen LogP contribution in [0.15, 0.2) is 30.5 Å². The summed E-state index contributed by atoms with van der Waals surface area (Å²) in [6.07, 6.45) is 7.41. The normalized spacial score (nSPS) is 29.1. The number of fused-ring (bicyclic) bond motifs is 2. The van der Waals surface area contributed by atoms with E-state index in [4.69, 9.17) is 4.74 Å². The lowest BCUT2D eigenvalue weighted by Gasteiger charge is -2.30. The van der Waals surface area contributed by atoms with Crippen molar-refractivity contribution in [1.82, 2.24) is 9.88 Å². The number of likely N-dealkylation sites (tertiary alicyclic amines) is 1. The maximum absolute atomic E-state index is 11.5. The van der Waals surface area contributed by atoms with Crippen molar-refractivity contribution in [3.63, 3.8) is 0 Å². The van der Waals surface area contributed by atoms with Gasteiger partial charge in [-0.3, -0.25) is 9.88 Å². The Morgan fingerprint density at radius 1 is 1.21 bits per heavy atom. The minimum Gasteiger partial charge on any atom is -0.496 e. The lowest BCUT2D eigenvalue weighted by atomic mass is 9.85. The molecule has 3 aliphatic rings. The highest BCUT2D eigenvalue weighted by Crippen LogP contribution is 2.50. The first-order valence-electron chi connectivity index (χ1n) is 10.6. The molecule has 5 rings (SSSR count). The zero-order valence-corrected chi connectivity index (χ0v) is 16.9. The average molecular weight is 379 g/mol. The lowest BCUT2D eigenvalue weighted by molar-refractivity contribution is -0.0108. The van der Waals surface area contributed by atoms with Crippen LogP contribution in [-0.2, 0) is 25.0 Å². The Hall–Kier alpha value is -1.91. The summed E-state index contributed by atoms with van der Waals surface area (Å²) in [5, 5.41) is 11.5. The number of methoxy groups -OCH3 is 1. The van der Waals surface area contributed by atoms with Crippen LogP contribution in [0.3, 0.4) is 0 Å². The second-order valence-electron chi connectivity index (χ2n) is 9.03. The molecule has 1 N–H and O–H groups in total. The Kier molecular flexibility index (Phi) is 4.44. The van der Waals surface area contributed by atoms with E-state index in [1.165, 1.54) is 36.0 Å². The molecule has 0 spiro atoms. The molecule has 4 heteroatoms. The number of hydrogen-bond acceptors (Lipinski definition) is 4. The van der Waals surface area contributed by atoms with Gasteiger partial charge in [0.25, 0.3) is 0 Å². The van der Waals surface area contributed by atoms with Crippen LogP contribution >= 0.6 is 0 Å². The summed E-state index contributed by atoms with van der Waals surface area (Å²) in [6, 6.07) is 8.70. The largest absolute Gasteiger partial charge is 0.496 e. The summed E-state index contributed by atoms with van der Waals surface area (Å²) >= 11 is 0. The molecule has 1 aromatic heterocycles. The van der Waals surface area contributed by atoms with E-state index in [2.05, 4.69) is 28.1 Å². The van der Waals surface area contributed by atoms with Gasteiger partial charge in [-0.05, 0) is 73.8 Å². The molecule has 28 heavy (non-hydrogen) atoms. The fourth-order valence-electron chi connectivity index (χ4n) is 5.76. The summed E-state index contributed by atoms with van der Waals surface area (Å²) in [4.78, 5) is 7.09. The number of ether oxygens (including phenoxy) is 1. The molecule has 148 valence electrons. The van der Waals surface area contributed by atoms with E-state index in [0.717, 1.165) is 49.5 Å². The first kappa shape index (κ1) is 18.1. The van der Waals surface area contributed by atoms with E-state index in [1.807, 2.05) is 19.2 Å². The molecule has 0 bridgehead atoms. The van der Waals surface area contributed by atoms with E-state index >= 15 is 0 Å². The molecule has 1 saturated carbocycles. The number of nitrogens with zero attached hydrogens (tertiary/aromatic N) is 2. The fourth-order valence-corrected chi connectivity index (χ4v) is 5.76. The first-order chi connectivity index (χ1) is 13.6. The number of aliphatic hydroxyl groups is 1. The molecule has 0 unspecified atom stereocenters. The molecule has 1 aliphatic heterocycles. The molecule has 4 nitrogen and oxygen atoms in total. The van der Waals surface area contributed by atoms with Crippen LogP contribution in [0, 0.1) is 18.8 Å². The third-order valence-corrected chi connectivity index (χ3v) is 7.27. The van der Waals surface area contributed by atoms with Crippen LogP contribution in [0.2, 0.25) is 0 Å². The van der Waals surface area contributed by atoms with Gasteiger partial charge >= 0.3 is 0 Å². The Balaban J connectivity index is 1.36. The lowest BCUT2D eigenvalue weighted by Crippen LogP contribution is -2.35. The van der Waals surface area contributed by atoms with Gasteiger partial charge in [0.15, 0.2) is 0 Å². The molecule has 1 aromatic carbocycles. The quantitative estimate of drug-likeness (QED) is 0.883. The van der Waals surface area contributed by atoms with Crippen LogP contribution in [0.1, 0.15) is 47.2 Å².